The summed E-state index contributed by atoms with van der Waals surface area (Å²) in [5.41, 5.74) is 1.20. The van der Waals surface area contributed by atoms with Gasteiger partial charge in [0.2, 0.25) is 0 Å². The number of aliphatic hydroxyl groups is 2. The lowest BCUT2D eigenvalue weighted by Gasteiger charge is -2.14. The van der Waals surface area contributed by atoms with Crippen LogP contribution in [-0.4, -0.2) is 55.9 Å². The maximum atomic E-state index is 12.3. The van der Waals surface area contributed by atoms with E-state index in [1.807, 2.05) is 18.2 Å². The van der Waals surface area contributed by atoms with Gasteiger partial charge in [-0.2, -0.15) is 5.10 Å². The molecule has 0 aliphatic carbocycles. The second-order valence-corrected chi connectivity index (χ2v) is 4.43. The summed E-state index contributed by atoms with van der Waals surface area (Å²) in [5, 5.41) is 23.0. The fraction of sp³-hybridized carbons (Fsp3) is 0.333. The number of fused-ring (bicyclic) bond motifs is 1. The van der Waals surface area contributed by atoms with Gasteiger partial charge in [0.05, 0.1) is 29.5 Å². The van der Waals surface area contributed by atoms with Crippen LogP contribution in [0.15, 0.2) is 30.6 Å². The predicted octanol–water partition coefficient (Wildman–Crippen LogP) is -0.488. The molecule has 6 nitrogen and oxygen atoms in total. The van der Waals surface area contributed by atoms with E-state index in [0.29, 0.717) is 5.56 Å². The van der Waals surface area contributed by atoms with Crippen LogP contribution in [0.3, 0.4) is 0 Å². The van der Waals surface area contributed by atoms with E-state index in [1.54, 1.807) is 10.7 Å². The molecule has 1 aliphatic heterocycles. The Labute approximate surface area is 103 Å². The number of aliphatic hydroxyl groups excluding tert-OH is 2. The maximum Gasteiger partial charge on any atom is 0.257 e. The molecule has 94 valence electrons. The fourth-order valence-electron chi connectivity index (χ4n) is 2.20. The van der Waals surface area contributed by atoms with Crippen LogP contribution in [0.25, 0.3) is 5.52 Å². The van der Waals surface area contributed by atoms with Crippen molar-refractivity contribution < 1.29 is 15.0 Å². The molecule has 0 saturated carbocycles. The van der Waals surface area contributed by atoms with Crippen LogP contribution in [0.5, 0.6) is 0 Å². The fourth-order valence-corrected chi connectivity index (χ4v) is 2.20. The molecule has 0 aromatic carbocycles. The molecular formula is C12H13N3O3. The molecule has 2 atom stereocenters. The molecule has 1 fully saturated rings. The van der Waals surface area contributed by atoms with Crippen LogP contribution >= 0.6 is 0 Å². The van der Waals surface area contributed by atoms with E-state index in [-0.39, 0.29) is 19.0 Å². The summed E-state index contributed by atoms with van der Waals surface area (Å²) in [6, 6.07) is 5.47. The molecule has 2 aromatic rings. The highest BCUT2D eigenvalue weighted by molar-refractivity contribution is 6.00. The van der Waals surface area contributed by atoms with Gasteiger partial charge in [-0.25, -0.2) is 4.52 Å². The molecule has 0 bridgehead atoms. The van der Waals surface area contributed by atoms with Crippen LogP contribution in [0.4, 0.5) is 0 Å². The first kappa shape index (κ1) is 11.2. The number of pyridine rings is 1. The number of hydrogen-bond donors (Lipinski definition) is 2. The Morgan fingerprint density at radius 1 is 1.28 bits per heavy atom. The molecule has 18 heavy (non-hydrogen) atoms. The van der Waals surface area contributed by atoms with Gasteiger partial charge in [0.1, 0.15) is 0 Å². The lowest BCUT2D eigenvalue weighted by Crippen LogP contribution is -2.29. The topological polar surface area (TPSA) is 78.1 Å². The quantitative estimate of drug-likeness (QED) is 0.713. The van der Waals surface area contributed by atoms with E-state index in [4.69, 9.17) is 0 Å². The number of hydrogen-bond acceptors (Lipinski definition) is 4. The first-order valence-electron chi connectivity index (χ1n) is 5.74. The van der Waals surface area contributed by atoms with E-state index in [0.717, 1.165) is 5.52 Å². The van der Waals surface area contributed by atoms with Gasteiger partial charge in [0.15, 0.2) is 0 Å². The molecule has 0 radical (unpaired) electrons. The van der Waals surface area contributed by atoms with E-state index in [2.05, 4.69) is 5.10 Å². The minimum absolute atomic E-state index is 0.157. The van der Waals surface area contributed by atoms with Crippen LogP contribution in [-0.2, 0) is 0 Å². The van der Waals surface area contributed by atoms with Crippen molar-refractivity contribution >= 4 is 11.4 Å². The smallest absolute Gasteiger partial charge is 0.257 e. The van der Waals surface area contributed by atoms with Gasteiger partial charge in [-0.15, -0.1) is 0 Å². The van der Waals surface area contributed by atoms with Gasteiger partial charge in [-0.3, -0.25) is 4.79 Å². The number of β-amino-alcohol motifs (C(OH)–C–C–N with tert-alkyl or cyclic N) is 2. The zero-order chi connectivity index (χ0) is 12.7. The van der Waals surface area contributed by atoms with Gasteiger partial charge in [0, 0.05) is 19.3 Å². The third kappa shape index (κ3) is 1.66. The average Bonchev–Trinajstić information content (AvgIpc) is 2.93. The van der Waals surface area contributed by atoms with Gasteiger partial charge in [-0.05, 0) is 12.1 Å². The number of nitrogens with zero attached hydrogens (tertiary/aromatic N) is 3. The van der Waals surface area contributed by atoms with Crippen molar-refractivity contribution in [2.24, 2.45) is 0 Å². The third-order valence-corrected chi connectivity index (χ3v) is 3.20. The van der Waals surface area contributed by atoms with Crippen molar-refractivity contribution in [1.82, 2.24) is 14.5 Å². The van der Waals surface area contributed by atoms with Crippen molar-refractivity contribution in [3.63, 3.8) is 0 Å². The second-order valence-electron chi connectivity index (χ2n) is 4.43. The summed E-state index contributed by atoms with van der Waals surface area (Å²) in [5.74, 6) is -0.216. The van der Waals surface area contributed by atoms with Crippen LogP contribution < -0.4 is 0 Å². The van der Waals surface area contributed by atoms with Crippen molar-refractivity contribution in [3.05, 3.63) is 36.2 Å². The Bertz CT molecular complexity index is 585. The molecule has 6 heteroatoms. The maximum absolute atomic E-state index is 12.3. The Morgan fingerprint density at radius 2 is 2.00 bits per heavy atom. The molecule has 1 saturated heterocycles. The SMILES string of the molecule is O=C(c1cnn2ccccc12)N1C[C@@H](O)[C@@H](O)C1. The number of carbonyl (C=O) groups excluding carboxylic acids is 1. The van der Waals surface area contributed by atoms with E-state index >= 15 is 0 Å². The van der Waals surface area contributed by atoms with Gasteiger partial charge in [0.25, 0.3) is 5.91 Å². The first-order chi connectivity index (χ1) is 8.66. The van der Waals surface area contributed by atoms with Gasteiger partial charge >= 0.3 is 0 Å². The van der Waals surface area contributed by atoms with Crippen molar-refractivity contribution in [2.75, 3.05) is 13.1 Å². The molecule has 2 N–H and O–H groups in total. The predicted molar refractivity (Wildman–Crippen MR) is 63.1 cm³/mol. The van der Waals surface area contributed by atoms with E-state index < -0.39 is 12.2 Å². The van der Waals surface area contributed by atoms with Crippen molar-refractivity contribution in [3.8, 4) is 0 Å². The van der Waals surface area contributed by atoms with Crippen LogP contribution in [0, 0.1) is 0 Å². The lowest BCUT2D eigenvalue weighted by molar-refractivity contribution is 0.0572. The molecule has 0 unspecified atom stereocenters. The average molecular weight is 247 g/mol. The minimum atomic E-state index is -0.865. The third-order valence-electron chi connectivity index (χ3n) is 3.20. The summed E-state index contributed by atoms with van der Waals surface area (Å²) < 4.78 is 1.62. The zero-order valence-corrected chi connectivity index (χ0v) is 9.60. The monoisotopic (exact) mass is 247 g/mol. The molecule has 1 aliphatic rings. The highest BCUT2D eigenvalue weighted by Crippen LogP contribution is 2.17. The Hall–Kier alpha value is -1.92. The van der Waals surface area contributed by atoms with Crippen molar-refractivity contribution in [1.29, 1.82) is 0 Å². The minimum Gasteiger partial charge on any atom is -0.388 e. The molecular weight excluding hydrogens is 234 g/mol. The standard InChI is InChI=1S/C12H13N3O3/c16-10-6-14(7-11(10)17)12(18)8-5-13-15-4-2-1-3-9(8)15/h1-5,10-11,16-17H,6-7H2/t10-,11+. The van der Waals surface area contributed by atoms with Crippen LogP contribution in [0.2, 0.25) is 0 Å². The van der Waals surface area contributed by atoms with Gasteiger partial charge < -0.3 is 15.1 Å². The Morgan fingerprint density at radius 3 is 2.72 bits per heavy atom. The second kappa shape index (κ2) is 4.08. The highest BCUT2D eigenvalue weighted by atomic mass is 16.3. The normalized spacial score (nSPS) is 23.8. The highest BCUT2D eigenvalue weighted by Gasteiger charge is 2.33. The summed E-state index contributed by atoms with van der Waals surface area (Å²) in [4.78, 5) is 13.7. The number of amides is 1. The molecule has 0 spiro atoms. The van der Waals surface area contributed by atoms with Gasteiger partial charge in [-0.1, -0.05) is 6.07 Å². The Balaban J connectivity index is 1.93. The number of aromatic nitrogens is 2. The van der Waals surface area contributed by atoms with E-state index in [9.17, 15) is 15.0 Å². The zero-order valence-electron chi connectivity index (χ0n) is 9.60. The largest absolute Gasteiger partial charge is 0.388 e. The Kier molecular flexibility index (Phi) is 2.53. The number of carbonyl (C=O) groups is 1. The number of rotatable bonds is 1. The summed E-state index contributed by atoms with van der Waals surface area (Å²) in [6.45, 7) is 0.314. The summed E-state index contributed by atoms with van der Waals surface area (Å²) in [7, 11) is 0. The summed E-state index contributed by atoms with van der Waals surface area (Å²) in [6.07, 6.45) is 1.54. The first-order valence-corrected chi connectivity index (χ1v) is 5.74. The number of likely N-dealkylation sites (tertiary alicyclic amines) is 1. The van der Waals surface area contributed by atoms with Crippen LogP contribution in [0.1, 0.15) is 10.4 Å². The lowest BCUT2D eigenvalue weighted by atomic mass is 10.2. The molecule has 3 heterocycles. The molecule has 2 aromatic heterocycles. The molecule has 1 amide bonds. The summed E-state index contributed by atoms with van der Waals surface area (Å²) >= 11 is 0. The van der Waals surface area contributed by atoms with Crippen molar-refractivity contribution in [2.45, 2.75) is 12.2 Å². The van der Waals surface area contributed by atoms with E-state index in [1.165, 1.54) is 11.1 Å². The molecule has 3 rings (SSSR count).